The van der Waals surface area contributed by atoms with Gasteiger partial charge >= 0.3 is 5.97 Å². The number of sulfone groups is 1. The molecule has 0 saturated carbocycles. The molecule has 158 valence electrons. The van der Waals surface area contributed by atoms with Crippen LogP contribution in [0.4, 0.5) is 0 Å². The van der Waals surface area contributed by atoms with E-state index in [1.807, 2.05) is 23.6 Å². The fraction of sp³-hybridized carbons (Fsp3) is 0.238. The lowest BCUT2D eigenvalue weighted by atomic mass is 10.1. The van der Waals surface area contributed by atoms with Crippen LogP contribution in [0.2, 0.25) is 0 Å². The molecule has 0 spiro atoms. The van der Waals surface area contributed by atoms with E-state index >= 15 is 0 Å². The van der Waals surface area contributed by atoms with Gasteiger partial charge in [0.25, 0.3) is 0 Å². The van der Waals surface area contributed by atoms with E-state index in [0.717, 1.165) is 10.1 Å². The molecule has 30 heavy (non-hydrogen) atoms. The molecule has 0 bridgehead atoms. The number of hydrogen-bond donors (Lipinski definition) is 1. The van der Waals surface area contributed by atoms with Gasteiger partial charge in [0.1, 0.15) is 0 Å². The smallest absolute Gasteiger partial charge is 0.338 e. The number of fused-ring (bicyclic) bond motifs is 1. The number of rotatable bonds is 9. The van der Waals surface area contributed by atoms with Gasteiger partial charge in [-0.15, -0.1) is 11.3 Å². The number of thiophene rings is 1. The van der Waals surface area contributed by atoms with E-state index in [-0.39, 0.29) is 18.8 Å². The van der Waals surface area contributed by atoms with Crippen molar-refractivity contribution < 1.29 is 28.0 Å². The third-order valence-corrected chi connectivity index (χ3v) is 7.04. The number of ether oxygens (including phenoxy) is 1. The van der Waals surface area contributed by atoms with E-state index in [1.54, 1.807) is 24.3 Å². The molecule has 1 heterocycles. The van der Waals surface area contributed by atoms with Crippen molar-refractivity contribution in [3.8, 4) is 0 Å². The van der Waals surface area contributed by atoms with Gasteiger partial charge in [0, 0.05) is 4.70 Å². The van der Waals surface area contributed by atoms with Crippen molar-refractivity contribution in [1.82, 2.24) is 5.06 Å². The standard InChI is InChI=1S/C21H21NO6S2/c1-2-28-21(24)17-6-4-16(5-7-17)19(22(25)14-23)13-30(26,27)12-15-3-8-20-18(11-15)9-10-29-20/h3-11,14,19,25H,2,12-13H2,1H3. The highest BCUT2D eigenvalue weighted by Gasteiger charge is 2.26. The number of carbonyl (C=O) groups excluding carboxylic acids is 2. The Morgan fingerprint density at radius 2 is 1.93 bits per heavy atom. The van der Waals surface area contributed by atoms with Crippen LogP contribution in [-0.2, 0) is 25.1 Å². The summed E-state index contributed by atoms with van der Waals surface area (Å²) in [6.07, 6.45) is 0.164. The van der Waals surface area contributed by atoms with E-state index in [2.05, 4.69) is 0 Å². The number of esters is 1. The second-order valence-electron chi connectivity index (χ2n) is 6.69. The molecule has 0 aliphatic carbocycles. The lowest BCUT2D eigenvalue weighted by molar-refractivity contribution is -0.158. The molecule has 0 fully saturated rings. The van der Waals surface area contributed by atoms with Crippen LogP contribution in [0.25, 0.3) is 10.1 Å². The van der Waals surface area contributed by atoms with Gasteiger partial charge in [-0.1, -0.05) is 18.2 Å². The predicted octanol–water partition coefficient (Wildman–Crippen LogP) is 3.58. The SMILES string of the molecule is CCOC(=O)c1ccc(C(CS(=O)(=O)Cc2ccc3sccc3c2)N(O)C=O)cc1. The molecule has 9 heteroatoms. The van der Waals surface area contributed by atoms with Gasteiger partial charge in [-0.2, -0.15) is 0 Å². The normalized spacial score (nSPS) is 12.5. The maximum absolute atomic E-state index is 12.8. The van der Waals surface area contributed by atoms with Gasteiger partial charge < -0.3 is 4.74 Å². The Bertz CT molecular complexity index is 1140. The Hall–Kier alpha value is -2.75. The van der Waals surface area contributed by atoms with Crippen LogP contribution in [0.15, 0.2) is 53.9 Å². The van der Waals surface area contributed by atoms with E-state index in [0.29, 0.717) is 21.8 Å². The fourth-order valence-corrected chi connectivity index (χ4v) is 5.52. The van der Waals surface area contributed by atoms with Crippen LogP contribution in [0.5, 0.6) is 0 Å². The second kappa shape index (κ2) is 9.38. The van der Waals surface area contributed by atoms with Gasteiger partial charge in [-0.05, 0) is 59.1 Å². The van der Waals surface area contributed by atoms with Crippen LogP contribution in [0, 0.1) is 0 Å². The molecule has 3 rings (SSSR count). The van der Waals surface area contributed by atoms with E-state index < -0.39 is 27.6 Å². The van der Waals surface area contributed by atoms with Gasteiger partial charge in [0.15, 0.2) is 9.84 Å². The minimum absolute atomic E-state index is 0.164. The van der Waals surface area contributed by atoms with Crippen LogP contribution in [0.3, 0.4) is 0 Å². The zero-order valence-electron chi connectivity index (χ0n) is 16.2. The maximum atomic E-state index is 12.8. The number of amides is 1. The summed E-state index contributed by atoms with van der Waals surface area (Å²) < 4.78 is 31.6. The van der Waals surface area contributed by atoms with Gasteiger partial charge in [0.05, 0.1) is 29.7 Å². The van der Waals surface area contributed by atoms with Gasteiger partial charge in [-0.3, -0.25) is 10.0 Å². The highest BCUT2D eigenvalue weighted by atomic mass is 32.2. The zero-order valence-corrected chi connectivity index (χ0v) is 17.9. The number of hydroxylamine groups is 2. The van der Waals surface area contributed by atoms with Crippen molar-refractivity contribution in [2.75, 3.05) is 12.4 Å². The van der Waals surface area contributed by atoms with E-state index in [9.17, 15) is 23.2 Å². The summed E-state index contributed by atoms with van der Waals surface area (Å²) in [5, 5.41) is 13.2. The third-order valence-electron chi connectivity index (χ3n) is 4.55. The van der Waals surface area contributed by atoms with Crippen molar-refractivity contribution in [2.24, 2.45) is 0 Å². The molecule has 0 radical (unpaired) electrons. The Morgan fingerprint density at radius 1 is 1.20 bits per heavy atom. The molecule has 1 unspecified atom stereocenters. The zero-order chi connectivity index (χ0) is 21.7. The van der Waals surface area contributed by atoms with Crippen molar-refractivity contribution >= 4 is 43.6 Å². The van der Waals surface area contributed by atoms with E-state index in [4.69, 9.17) is 4.74 Å². The average Bonchev–Trinajstić information content (AvgIpc) is 3.19. The largest absolute Gasteiger partial charge is 0.462 e. The highest BCUT2D eigenvalue weighted by molar-refractivity contribution is 7.90. The summed E-state index contributed by atoms with van der Waals surface area (Å²) in [5.74, 6) is -1.20. The number of hydrogen-bond acceptors (Lipinski definition) is 7. The molecule has 2 aromatic carbocycles. The van der Waals surface area contributed by atoms with Crippen LogP contribution < -0.4 is 0 Å². The predicted molar refractivity (Wildman–Crippen MR) is 114 cm³/mol. The topological polar surface area (TPSA) is 101 Å². The first kappa shape index (κ1) is 21.9. The lowest BCUT2D eigenvalue weighted by Crippen LogP contribution is -2.30. The van der Waals surface area contributed by atoms with Crippen molar-refractivity contribution in [2.45, 2.75) is 18.7 Å². The molecule has 1 N–H and O–H groups in total. The lowest BCUT2D eigenvalue weighted by Gasteiger charge is -2.23. The minimum atomic E-state index is -3.67. The quantitative estimate of drug-likeness (QED) is 0.233. The monoisotopic (exact) mass is 447 g/mol. The Morgan fingerprint density at radius 3 is 2.60 bits per heavy atom. The van der Waals surface area contributed by atoms with Gasteiger partial charge in [-0.25, -0.2) is 18.3 Å². The molecule has 0 aliphatic rings. The van der Waals surface area contributed by atoms with Crippen LogP contribution in [-0.4, -0.2) is 43.4 Å². The van der Waals surface area contributed by atoms with Crippen molar-refractivity contribution in [3.05, 3.63) is 70.6 Å². The summed E-state index contributed by atoms with van der Waals surface area (Å²) in [5.41, 5.74) is 1.31. The molecule has 7 nitrogen and oxygen atoms in total. The van der Waals surface area contributed by atoms with Gasteiger partial charge in [0.2, 0.25) is 6.41 Å². The Labute approximate surface area is 178 Å². The molecule has 0 saturated heterocycles. The number of benzene rings is 2. The summed E-state index contributed by atoms with van der Waals surface area (Å²) in [6, 6.07) is 12.2. The molecular formula is C21H21NO6S2. The third kappa shape index (κ3) is 5.24. The first-order valence-corrected chi connectivity index (χ1v) is 11.9. The fourth-order valence-electron chi connectivity index (χ4n) is 3.11. The number of nitrogens with zero attached hydrogens (tertiary/aromatic N) is 1. The summed E-state index contributed by atoms with van der Waals surface area (Å²) in [7, 11) is -3.67. The second-order valence-corrected chi connectivity index (χ2v) is 9.75. The Kier molecular flexibility index (Phi) is 6.86. The average molecular weight is 448 g/mol. The molecule has 1 atom stereocenters. The number of carbonyl (C=O) groups is 2. The summed E-state index contributed by atoms with van der Waals surface area (Å²) >= 11 is 1.57. The molecular weight excluding hydrogens is 426 g/mol. The van der Waals surface area contributed by atoms with Crippen molar-refractivity contribution in [3.63, 3.8) is 0 Å². The molecule has 1 aromatic heterocycles. The van der Waals surface area contributed by atoms with Crippen molar-refractivity contribution in [1.29, 1.82) is 0 Å². The van der Waals surface area contributed by atoms with Crippen LogP contribution >= 0.6 is 11.3 Å². The molecule has 3 aromatic rings. The van der Waals surface area contributed by atoms with E-state index in [1.165, 1.54) is 24.3 Å². The maximum Gasteiger partial charge on any atom is 0.338 e. The highest BCUT2D eigenvalue weighted by Crippen LogP contribution is 2.25. The summed E-state index contributed by atoms with van der Waals surface area (Å²) in [6.45, 7) is 1.92. The minimum Gasteiger partial charge on any atom is -0.462 e. The summed E-state index contributed by atoms with van der Waals surface area (Å²) in [4.78, 5) is 22.9. The first-order chi connectivity index (χ1) is 14.3. The Balaban J connectivity index is 1.81. The van der Waals surface area contributed by atoms with Crippen LogP contribution in [0.1, 0.15) is 34.5 Å². The molecule has 0 aliphatic heterocycles. The molecule has 1 amide bonds. The first-order valence-electron chi connectivity index (χ1n) is 9.19.